The molecule has 4 aromatic rings. The molecule has 1 heterocycles. The molecule has 0 N–H and O–H groups in total. The van der Waals surface area contributed by atoms with Crippen molar-refractivity contribution in [2.24, 2.45) is 10.2 Å². The second-order valence-electron chi connectivity index (χ2n) is 7.79. The van der Waals surface area contributed by atoms with Gasteiger partial charge in [0.25, 0.3) is 5.69 Å². The lowest BCUT2D eigenvalue weighted by Gasteiger charge is -2.23. The van der Waals surface area contributed by atoms with Crippen molar-refractivity contribution in [1.82, 2.24) is 4.37 Å². The van der Waals surface area contributed by atoms with Gasteiger partial charge in [0, 0.05) is 36.3 Å². The highest BCUT2D eigenvalue weighted by Gasteiger charge is 2.12. The lowest BCUT2D eigenvalue weighted by Crippen LogP contribution is -2.24. The molecule has 0 radical (unpaired) electrons. The van der Waals surface area contributed by atoms with E-state index in [1.807, 2.05) is 19.1 Å². The Bertz CT molecular complexity index is 1290. The summed E-state index contributed by atoms with van der Waals surface area (Å²) in [6.45, 7) is 6.10. The molecule has 1 aromatic heterocycles. The van der Waals surface area contributed by atoms with Crippen LogP contribution in [0.25, 0.3) is 10.9 Å². The Hall–Kier alpha value is -3.65. The zero-order chi connectivity index (χ0) is 23.2. The first-order valence-electron chi connectivity index (χ1n) is 10.9. The van der Waals surface area contributed by atoms with E-state index in [0.717, 1.165) is 37.2 Å². The van der Waals surface area contributed by atoms with Crippen LogP contribution in [0.4, 0.5) is 22.1 Å². The van der Waals surface area contributed by atoms with Crippen molar-refractivity contribution in [1.29, 1.82) is 0 Å². The summed E-state index contributed by atoms with van der Waals surface area (Å²) in [5.41, 5.74) is 5.03. The number of nitro groups is 1. The molecule has 4 rings (SSSR count). The minimum atomic E-state index is -0.416. The van der Waals surface area contributed by atoms with Crippen molar-refractivity contribution in [3.63, 3.8) is 0 Å². The molecular weight excluding hydrogens is 434 g/mol. The van der Waals surface area contributed by atoms with E-state index in [1.54, 1.807) is 6.07 Å². The SMILES string of the molecule is CCN(CCCc1ccccc1)c1ccc(N=Nc2snc3ccc([N+](=O)[O-])cc23)c(C)c1. The molecule has 33 heavy (non-hydrogen) atoms. The molecule has 8 heteroatoms. The summed E-state index contributed by atoms with van der Waals surface area (Å²) in [5.74, 6) is 0. The number of non-ortho nitro benzene ring substituents is 1. The molecule has 168 valence electrons. The van der Waals surface area contributed by atoms with Gasteiger partial charge in [0.05, 0.1) is 16.1 Å². The van der Waals surface area contributed by atoms with Crippen LogP contribution in [0.3, 0.4) is 0 Å². The number of hydrogen-bond acceptors (Lipinski definition) is 7. The number of nitrogens with zero attached hydrogens (tertiary/aromatic N) is 5. The smallest absolute Gasteiger partial charge is 0.270 e. The van der Waals surface area contributed by atoms with Gasteiger partial charge in [0.2, 0.25) is 0 Å². The van der Waals surface area contributed by atoms with Crippen LogP contribution in [0.15, 0.2) is 77.0 Å². The van der Waals surface area contributed by atoms with Crippen LogP contribution in [0.2, 0.25) is 0 Å². The van der Waals surface area contributed by atoms with Gasteiger partial charge in [-0.25, -0.2) is 0 Å². The standard InChI is InChI=1S/C25H25N5O2S/c1-3-29(15-7-10-19-8-5-4-6-9-19)20-11-13-23(18(2)16-20)26-27-25-22-17-21(30(31)32)12-14-24(22)28-33-25/h4-6,8-9,11-14,16-17H,3,7,10,15H2,1-2H3. The quantitative estimate of drug-likeness (QED) is 0.148. The highest BCUT2D eigenvalue weighted by molar-refractivity contribution is 7.11. The molecule has 0 unspecified atom stereocenters. The van der Waals surface area contributed by atoms with Crippen LogP contribution in [-0.4, -0.2) is 22.4 Å². The van der Waals surface area contributed by atoms with Crippen molar-refractivity contribution in [3.8, 4) is 0 Å². The van der Waals surface area contributed by atoms with Crippen LogP contribution in [0.1, 0.15) is 24.5 Å². The molecule has 7 nitrogen and oxygen atoms in total. The monoisotopic (exact) mass is 459 g/mol. The molecule has 0 fully saturated rings. The fourth-order valence-corrected chi connectivity index (χ4v) is 4.42. The summed E-state index contributed by atoms with van der Waals surface area (Å²) in [6, 6.07) is 21.3. The summed E-state index contributed by atoms with van der Waals surface area (Å²) >= 11 is 1.19. The fourth-order valence-electron chi connectivity index (χ4n) is 3.74. The second-order valence-corrected chi connectivity index (χ2v) is 8.54. The molecular formula is C25H25N5O2S. The van der Waals surface area contributed by atoms with Crippen molar-refractivity contribution in [2.75, 3.05) is 18.0 Å². The zero-order valence-electron chi connectivity index (χ0n) is 18.6. The highest BCUT2D eigenvalue weighted by Crippen LogP contribution is 2.35. The summed E-state index contributed by atoms with van der Waals surface area (Å²) in [5, 5.41) is 21.0. The maximum Gasteiger partial charge on any atom is 0.270 e. The minimum absolute atomic E-state index is 0.0200. The molecule has 0 saturated heterocycles. The van der Waals surface area contributed by atoms with Crippen LogP contribution in [0, 0.1) is 17.0 Å². The van der Waals surface area contributed by atoms with E-state index >= 15 is 0 Å². The number of fused-ring (bicyclic) bond motifs is 1. The maximum absolute atomic E-state index is 11.1. The Labute approximate surface area is 196 Å². The van der Waals surface area contributed by atoms with Gasteiger partial charge in [0.15, 0.2) is 5.00 Å². The Kier molecular flexibility index (Phi) is 7.04. The van der Waals surface area contributed by atoms with E-state index in [-0.39, 0.29) is 5.69 Å². The maximum atomic E-state index is 11.1. The van der Waals surface area contributed by atoms with Gasteiger partial charge in [0.1, 0.15) is 0 Å². The first kappa shape index (κ1) is 22.5. The lowest BCUT2D eigenvalue weighted by molar-refractivity contribution is -0.384. The van der Waals surface area contributed by atoms with E-state index < -0.39 is 4.92 Å². The van der Waals surface area contributed by atoms with Crippen LogP contribution in [-0.2, 0) is 6.42 Å². The van der Waals surface area contributed by atoms with E-state index in [9.17, 15) is 10.1 Å². The molecule has 0 atom stereocenters. The van der Waals surface area contributed by atoms with E-state index in [1.165, 1.54) is 34.9 Å². The van der Waals surface area contributed by atoms with E-state index in [2.05, 4.69) is 62.8 Å². The molecule has 0 spiro atoms. The third-order valence-electron chi connectivity index (χ3n) is 5.56. The van der Waals surface area contributed by atoms with Gasteiger partial charge >= 0.3 is 0 Å². The largest absolute Gasteiger partial charge is 0.372 e. The lowest BCUT2D eigenvalue weighted by atomic mass is 10.1. The van der Waals surface area contributed by atoms with Gasteiger partial charge < -0.3 is 4.90 Å². The first-order valence-corrected chi connectivity index (χ1v) is 11.7. The van der Waals surface area contributed by atoms with Crippen molar-refractivity contribution < 1.29 is 4.92 Å². The normalized spacial score (nSPS) is 11.3. The number of aromatic nitrogens is 1. The molecule has 0 bridgehead atoms. The summed E-state index contributed by atoms with van der Waals surface area (Å²) in [6.07, 6.45) is 2.15. The Balaban J connectivity index is 1.46. The van der Waals surface area contributed by atoms with Crippen molar-refractivity contribution in [2.45, 2.75) is 26.7 Å². The van der Waals surface area contributed by atoms with Gasteiger partial charge in [-0.2, -0.15) is 4.37 Å². The molecule has 0 amide bonds. The topological polar surface area (TPSA) is 84.0 Å². The number of anilines is 1. The number of azo groups is 1. The summed E-state index contributed by atoms with van der Waals surface area (Å²) < 4.78 is 4.31. The number of hydrogen-bond donors (Lipinski definition) is 0. The molecule has 0 aliphatic carbocycles. The van der Waals surface area contributed by atoms with E-state index in [0.29, 0.717) is 15.9 Å². The highest BCUT2D eigenvalue weighted by atomic mass is 32.1. The predicted molar refractivity (Wildman–Crippen MR) is 134 cm³/mol. The van der Waals surface area contributed by atoms with Gasteiger partial charge in [-0.3, -0.25) is 10.1 Å². The van der Waals surface area contributed by atoms with E-state index in [4.69, 9.17) is 0 Å². The molecule has 0 aliphatic rings. The summed E-state index contributed by atoms with van der Waals surface area (Å²) in [4.78, 5) is 13.0. The molecule has 0 saturated carbocycles. The third-order valence-corrected chi connectivity index (χ3v) is 6.33. The first-order chi connectivity index (χ1) is 16.0. The second kappa shape index (κ2) is 10.3. The van der Waals surface area contributed by atoms with Crippen LogP contribution >= 0.6 is 11.5 Å². The van der Waals surface area contributed by atoms with Gasteiger partial charge in [-0.05, 0) is 73.6 Å². The van der Waals surface area contributed by atoms with Crippen LogP contribution < -0.4 is 4.90 Å². The Morgan fingerprint density at radius 2 is 1.88 bits per heavy atom. The Morgan fingerprint density at radius 3 is 2.61 bits per heavy atom. The number of rotatable bonds is 9. The predicted octanol–water partition coefficient (Wildman–Crippen LogP) is 7.39. The average Bonchev–Trinajstić information content (AvgIpc) is 3.24. The fraction of sp³-hybridized carbons (Fsp3) is 0.240. The number of benzene rings is 3. The third kappa shape index (κ3) is 5.40. The van der Waals surface area contributed by atoms with Crippen molar-refractivity contribution in [3.05, 3.63) is 88.0 Å². The minimum Gasteiger partial charge on any atom is -0.372 e. The number of nitro benzene ring substituents is 1. The number of aryl methyl sites for hydroxylation is 2. The average molecular weight is 460 g/mol. The van der Waals surface area contributed by atoms with Gasteiger partial charge in [-0.1, -0.05) is 30.3 Å². The summed E-state index contributed by atoms with van der Waals surface area (Å²) in [7, 11) is 0. The van der Waals surface area contributed by atoms with Gasteiger partial charge in [-0.15, -0.1) is 10.2 Å². The van der Waals surface area contributed by atoms with Crippen LogP contribution in [0.5, 0.6) is 0 Å². The molecule has 0 aliphatic heterocycles. The molecule has 3 aromatic carbocycles. The Morgan fingerprint density at radius 1 is 1.06 bits per heavy atom. The zero-order valence-corrected chi connectivity index (χ0v) is 19.5. The van der Waals surface area contributed by atoms with Crippen molar-refractivity contribution >= 4 is 44.5 Å².